The van der Waals surface area contributed by atoms with Crippen molar-refractivity contribution in [2.24, 2.45) is 0 Å². The molecule has 0 N–H and O–H groups in total. The van der Waals surface area contributed by atoms with E-state index in [9.17, 15) is 0 Å². The van der Waals surface area contributed by atoms with Gasteiger partial charge in [0.25, 0.3) is 0 Å². The molecule has 1 aromatic heterocycles. The van der Waals surface area contributed by atoms with Crippen LogP contribution in [0.25, 0.3) is 21.9 Å². The Balaban J connectivity index is 1.65. The Morgan fingerprint density at radius 1 is 0.607 bits per heavy atom. The monoisotopic (exact) mass is 363 g/mol. The summed E-state index contributed by atoms with van der Waals surface area (Å²) in [6.45, 7) is 0. The van der Waals surface area contributed by atoms with Gasteiger partial charge < -0.3 is 13.9 Å². The van der Waals surface area contributed by atoms with Gasteiger partial charge in [0.2, 0.25) is 0 Å². The highest BCUT2D eigenvalue weighted by atomic mass is 16.5. The maximum absolute atomic E-state index is 6.37. The number of para-hydroxylation sites is 5. The van der Waals surface area contributed by atoms with E-state index in [0.717, 1.165) is 56.2 Å². The largest absolute Gasteiger partial charge is 0.453 e. The molecule has 0 amide bonds. The second-order valence-electron chi connectivity index (χ2n) is 7.00. The van der Waals surface area contributed by atoms with Gasteiger partial charge in [-0.05, 0) is 36.4 Å². The SMILES string of the molecule is c1ccc2c(c1)Oc1cc3c(oc4ccccc43)c3c1N2c1ccccc1O3. The van der Waals surface area contributed by atoms with E-state index in [2.05, 4.69) is 29.2 Å². The summed E-state index contributed by atoms with van der Waals surface area (Å²) in [6, 6.07) is 26.2. The fraction of sp³-hybridized carbons (Fsp3) is 0. The van der Waals surface area contributed by atoms with Crippen molar-refractivity contribution in [1.29, 1.82) is 0 Å². The summed E-state index contributed by atoms with van der Waals surface area (Å²) in [7, 11) is 0. The van der Waals surface area contributed by atoms with Gasteiger partial charge in [-0.25, -0.2) is 0 Å². The average Bonchev–Trinajstić information content (AvgIpc) is 3.12. The summed E-state index contributed by atoms with van der Waals surface area (Å²) in [4.78, 5) is 2.20. The van der Waals surface area contributed by atoms with Crippen LogP contribution >= 0.6 is 0 Å². The van der Waals surface area contributed by atoms with Crippen LogP contribution in [-0.4, -0.2) is 0 Å². The summed E-state index contributed by atoms with van der Waals surface area (Å²) in [6.07, 6.45) is 0. The molecule has 0 spiro atoms. The van der Waals surface area contributed by atoms with Crippen molar-refractivity contribution in [3.63, 3.8) is 0 Å². The predicted molar refractivity (Wildman–Crippen MR) is 109 cm³/mol. The third kappa shape index (κ3) is 1.65. The number of ether oxygens (including phenoxy) is 2. The van der Waals surface area contributed by atoms with E-state index in [0.29, 0.717) is 5.75 Å². The molecule has 28 heavy (non-hydrogen) atoms. The highest BCUT2D eigenvalue weighted by Crippen LogP contribution is 2.61. The molecule has 0 saturated heterocycles. The van der Waals surface area contributed by atoms with Gasteiger partial charge in [-0.1, -0.05) is 42.5 Å². The molecule has 3 heterocycles. The number of nitrogens with zero attached hydrogens (tertiary/aromatic N) is 1. The van der Waals surface area contributed by atoms with E-state index < -0.39 is 0 Å². The van der Waals surface area contributed by atoms with E-state index in [1.54, 1.807) is 0 Å². The van der Waals surface area contributed by atoms with Gasteiger partial charge in [-0.3, -0.25) is 4.90 Å². The van der Waals surface area contributed by atoms with E-state index in [1.807, 2.05) is 54.6 Å². The third-order valence-corrected chi connectivity index (χ3v) is 5.43. The van der Waals surface area contributed by atoms with Crippen LogP contribution in [0.2, 0.25) is 0 Å². The molecule has 0 atom stereocenters. The van der Waals surface area contributed by atoms with Gasteiger partial charge in [0.1, 0.15) is 11.3 Å². The Hall–Kier alpha value is -3.92. The molecule has 0 aliphatic carbocycles. The molecule has 2 aliphatic heterocycles. The van der Waals surface area contributed by atoms with E-state index >= 15 is 0 Å². The van der Waals surface area contributed by atoms with Gasteiger partial charge in [0.15, 0.2) is 28.6 Å². The fourth-order valence-corrected chi connectivity index (χ4v) is 4.24. The zero-order chi connectivity index (χ0) is 18.2. The molecular weight excluding hydrogens is 350 g/mol. The number of benzene rings is 4. The maximum Gasteiger partial charge on any atom is 0.198 e. The molecule has 5 aromatic rings. The Labute approximate surface area is 160 Å². The van der Waals surface area contributed by atoms with Gasteiger partial charge in [-0.2, -0.15) is 0 Å². The Morgan fingerprint density at radius 2 is 1.29 bits per heavy atom. The first kappa shape index (κ1) is 14.2. The Morgan fingerprint density at radius 3 is 2.11 bits per heavy atom. The van der Waals surface area contributed by atoms with Gasteiger partial charge >= 0.3 is 0 Å². The van der Waals surface area contributed by atoms with Crippen LogP contribution < -0.4 is 14.4 Å². The van der Waals surface area contributed by atoms with E-state index in [1.165, 1.54) is 0 Å². The van der Waals surface area contributed by atoms with E-state index in [-0.39, 0.29) is 0 Å². The van der Waals surface area contributed by atoms with Gasteiger partial charge in [-0.15, -0.1) is 0 Å². The second kappa shape index (κ2) is 4.87. The zero-order valence-electron chi connectivity index (χ0n) is 14.7. The zero-order valence-corrected chi connectivity index (χ0v) is 14.7. The van der Waals surface area contributed by atoms with Crippen LogP contribution in [0.3, 0.4) is 0 Å². The number of hydrogen-bond donors (Lipinski definition) is 0. The molecule has 7 rings (SSSR count). The first-order chi connectivity index (χ1) is 13.9. The predicted octanol–water partition coefficient (Wildman–Crippen LogP) is 7.27. The number of fused-ring (bicyclic) bond motifs is 8. The summed E-state index contributed by atoms with van der Waals surface area (Å²) < 4.78 is 18.9. The van der Waals surface area contributed by atoms with Crippen molar-refractivity contribution >= 4 is 39.0 Å². The first-order valence-corrected chi connectivity index (χ1v) is 9.20. The summed E-state index contributed by atoms with van der Waals surface area (Å²) in [5.74, 6) is 3.08. The average molecular weight is 363 g/mol. The standard InChI is InChI=1S/C24H13NO3/c1-4-10-18-14(7-1)15-13-21-22-24(23(15)27-18)28-20-12-6-3-9-17(20)25(22)16-8-2-5-11-19(16)26-21/h1-13H. The molecule has 132 valence electrons. The molecule has 0 unspecified atom stereocenters. The lowest BCUT2D eigenvalue weighted by molar-refractivity contribution is 0.444. The van der Waals surface area contributed by atoms with Crippen molar-refractivity contribution in [3.8, 4) is 23.0 Å². The van der Waals surface area contributed by atoms with Crippen LogP contribution in [-0.2, 0) is 0 Å². The molecule has 0 saturated carbocycles. The lowest BCUT2D eigenvalue weighted by Gasteiger charge is -2.37. The second-order valence-corrected chi connectivity index (χ2v) is 7.00. The van der Waals surface area contributed by atoms with Crippen molar-refractivity contribution in [2.75, 3.05) is 4.90 Å². The van der Waals surface area contributed by atoms with Crippen molar-refractivity contribution < 1.29 is 13.9 Å². The fourth-order valence-electron chi connectivity index (χ4n) is 4.24. The third-order valence-electron chi connectivity index (χ3n) is 5.43. The van der Waals surface area contributed by atoms with E-state index in [4.69, 9.17) is 13.9 Å². The molecular formula is C24H13NO3. The number of anilines is 3. The molecule has 0 fully saturated rings. The molecule has 4 nitrogen and oxygen atoms in total. The number of furan rings is 1. The van der Waals surface area contributed by atoms with Crippen LogP contribution in [0.15, 0.2) is 83.3 Å². The molecule has 0 radical (unpaired) electrons. The normalized spacial score (nSPS) is 13.5. The first-order valence-electron chi connectivity index (χ1n) is 9.20. The number of hydrogen-bond acceptors (Lipinski definition) is 4. The minimum Gasteiger partial charge on any atom is -0.453 e. The summed E-state index contributed by atoms with van der Waals surface area (Å²) >= 11 is 0. The molecule has 4 aromatic carbocycles. The van der Waals surface area contributed by atoms with Crippen molar-refractivity contribution in [3.05, 3.63) is 78.9 Å². The van der Waals surface area contributed by atoms with Crippen molar-refractivity contribution in [2.45, 2.75) is 0 Å². The summed E-state index contributed by atoms with van der Waals surface area (Å²) in [5, 5.41) is 2.04. The van der Waals surface area contributed by atoms with Crippen molar-refractivity contribution in [1.82, 2.24) is 0 Å². The number of rotatable bonds is 0. The van der Waals surface area contributed by atoms with Crippen LogP contribution in [0.4, 0.5) is 17.1 Å². The van der Waals surface area contributed by atoms with Gasteiger partial charge in [0, 0.05) is 10.8 Å². The Bertz CT molecular complexity index is 1420. The minimum atomic E-state index is 0.692. The lowest BCUT2D eigenvalue weighted by Crippen LogP contribution is -2.20. The Kier molecular flexibility index (Phi) is 2.46. The van der Waals surface area contributed by atoms with Gasteiger partial charge in [0.05, 0.1) is 11.4 Å². The molecule has 2 aliphatic rings. The molecule has 0 bridgehead atoms. The van der Waals surface area contributed by atoms with Crippen LogP contribution in [0.1, 0.15) is 0 Å². The molecule has 4 heteroatoms. The smallest absolute Gasteiger partial charge is 0.198 e. The topological polar surface area (TPSA) is 34.8 Å². The highest BCUT2D eigenvalue weighted by molar-refractivity contribution is 6.12. The van der Waals surface area contributed by atoms with Crippen LogP contribution in [0, 0.1) is 0 Å². The maximum atomic E-state index is 6.37. The quantitative estimate of drug-likeness (QED) is 0.284. The van der Waals surface area contributed by atoms with Crippen LogP contribution in [0.5, 0.6) is 23.0 Å². The highest BCUT2D eigenvalue weighted by Gasteiger charge is 2.37. The minimum absolute atomic E-state index is 0.692. The lowest BCUT2D eigenvalue weighted by atomic mass is 10.0. The summed E-state index contributed by atoms with van der Waals surface area (Å²) in [5.41, 5.74) is 4.43.